The van der Waals surface area contributed by atoms with Crippen molar-refractivity contribution in [2.45, 2.75) is 29.8 Å². The van der Waals surface area contributed by atoms with Crippen LogP contribution in [-0.4, -0.2) is 18.4 Å². The number of alkyl halides is 3. The smallest absolute Gasteiger partial charge is 0.416 e. The number of sulfonamides is 1. The first kappa shape index (κ1) is 23.0. The molecule has 1 aliphatic rings. The Labute approximate surface area is 197 Å². The van der Waals surface area contributed by atoms with E-state index in [4.69, 9.17) is 4.42 Å². The molecule has 4 aromatic rings. The lowest BCUT2D eigenvalue weighted by Gasteiger charge is -2.18. The van der Waals surface area contributed by atoms with Crippen LogP contribution in [0, 0.1) is 5.95 Å². The lowest BCUT2D eigenvalue weighted by Crippen LogP contribution is -2.14. The van der Waals surface area contributed by atoms with Crippen LogP contribution in [0.1, 0.15) is 34.6 Å². The van der Waals surface area contributed by atoms with Gasteiger partial charge in [-0.05, 0) is 65.9 Å². The van der Waals surface area contributed by atoms with Crippen molar-refractivity contribution >= 4 is 15.8 Å². The molecular weight excluding hydrogens is 486 g/mol. The number of oxazole rings is 1. The molecule has 35 heavy (non-hydrogen) atoms. The molecule has 0 radical (unpaired) electrons. The van der Waals surface area contributed by atoms with Crippen molar-refractivity contribution in [1.82, 2.24) is 9.97 Å². The standard InChI is InChI=1S/C24H17F4N3O3S/c25-21-2-1-3-22(30-21)31-35(32,33)16-6-9-17-14(12-16)4-7-18(17)19-8-5-15(24(26,27)28)13-20(19)23-29-10-11-34-23/h1-3,5-6,8-13,18H,4,7H2,(H,30,31)/t18-/m1/s1. The summed E-state index contributed by atoms with van der Waals surface area (Å²) in [7, 11) is -4.03. The molecule has 1 atom stereocenters. The summed E-state index contributed by atoms with van der Waals surface area (Å²) in [4.78, 5) is 7.53. The highest BCUT2D eigenvalue weighted by Gasteiger charge is 2.34. The third-order valence-electron chi connectivity index (χ3n) is 5.88. The third kappa shape index (κ3) is 4.51. The lowest BCUT2D eigenvalue weighted by molar-refractivity contribution is -0.137. The summed E-state index contributed by atoms with van der Waals surface area (Å²) >= 11 is 0. The van der Waals surface area contributed by atoms with Crippen molar-refractivity contribution in [2.24, 2.45) is 0 Å². The second kappa shape index (κ2) is 8.49. The normalized spacial score (nSPS) is 15.7. The Morgan fingerprint density at radius 1 is 1.03 bits per heavy atom. The van der Waals surface area contributed by atoms with Crippen LogP contribution in [0.2, 0.25) is 0 Å². The van der Waals surface area contributed by atoms with Crippen molar-refractivity contribution in [1.29, 1.82) is 0 Å². The van der Waals surface area contributed by atoms with Gasteiger partial charge in [0.25, 0.3) is 10.0 Å². The number of aryl methyl sites for hydroxylation is 1. The summed E-state index contributed by atoms with van der Waals surface area (Å²) in [5, 5.41) is 0. The highest BCUT2D eigenvalue weighted by atomic mass is 32.2. The molecule has 2 aromatic heterocycles. The number of benzene rings is 2. The number of fused-ring (bicyclic) bond motifs is 1. The van der Waals surface area contributed by atoms with Gasteiger partial charge < -0.3 is 4.42 Å². The second-order valence-corrected chi connectivity index (χ2v) is 9.72. The van der Waals surface area contributed by atoms with Gasteiger partial charge in [-0.3, -0.25) is 4.72 Å². The zero-order valence-electron chi connectivity index (χ0n) is 17.9. The second-order valence-electron chi connectivity index (χ2n) is 8.04. The molecule has 180 valence electrons. The van der Waals surface area contributed by atoms with Crippen LogP contribution in [0.3, 0.4) is 0 Å². The fraction of sp³-hybridized carbons (Fsp3) is 0.167. The van der Waals surface area contributed by atoms with Gasteiger partial charge in [0.15, 0.2) is 0 Å². The van der Waals surface area contributed by atoms with Crippen LogP contribution in [-0.2, 0) is 22.6 Å². The van der Waals surface area contributed by atoms with Gasteiger partial charge in [-0.1, -0.05) is 18.2 Å². The van der Waals surface area contributed by atoms with Gasteiger partial charge in [-0.15, -0.1) is 0 Å². The number of hydrogen-bond acceptors (Lipinski definition) is 5. The number of pyridine rings is 1. The van der Waals surface area contributed by atoms with E-state index >= 15 is 0 Å². The van der Waals surface area contributed by atoms with Crippen LogP contribution < -0.4 is 4.72 Å². The highest BCUT2D eigenvalue weighted by molar-refractivity contribution is 7.92. The lowest BCUT2D eigenvalue weighted by atomic mass is 9.88. The predicted octanol–water partition coefficient (Wildman–Crippen LogP) is 5.77. The average molecular weight is 503 g/mol. The van der Waals surface area contributed by atoms with E-state index in [1.165, 1.54) is 42.8 Å². The maximum atomic E-state index is 13.4. The minimum absolute atomic E-state index is 0.0247. The molecule has 0 spiro atoms. The summed E-state index contributed by atoms with van der Waals surface area (Å²) in [5.74, 6) is -1.17. The summed E-state index contributed by atoms with van der Waals surface area (Å²) in [6.07, 6.45) is -0.788. The molecule has 0 unspecified atom stereocenters. The Hall–Kier alpha value is -3.73. The molecule has 5 rings (SSSR count). The van der Waals surface area contributed by atoms with E-state index in [0.29, 0.717) is 18.4 Å². The van der Waals surface area contributed by atoms with Crippen molar-refractivity contribution in [3.63, 3.8) is 0 Å². The Morgan fingerprint density at radius 2 is 1.83 bits per heavy atom. The molecule has 0 amide bonds. The quantitative estimate of drug-likeness (QED) is 0.276. The average Bonchev–Trinajstić information content (AvgIpc) is 3.47. The number of nitrogens with one attached hydrogen (secondary N) is 1. The van der Waals surface area contributed by atoms with Crippen molar-refractivity contribution in [3.05, 3.63) is 95.3 Å². The largest absolute Gasteiger partial charge is 0.445 e. The van der Waals surface area contributed by atoms with Gasteiger partial charge in [0, 0.05) is 11.5 Å². The van der Waals surface area contributed by atoms with E-state index in [0.717, 1.165) is 29.3 Å². The van der Waals surface area contributed by atoms with Gasteiger partial charge in [-0.25, -0.2) is 18.4 Å². The van der Waals surface area contributed by atoms with Crippen molar-refractivity contribution in [2.75, 3.05) is 4.72 Å². The van der Waals surface area contributed by atoms with Gasteiger partial charge >= 0.3 is 6.18 Å². The van der Waals surface area contributed by atoms with Gasteiger partial charge in [0.05, 0.1) is 16.7 Å². The number of rotatable bonds is 5. The van der Waals surface area contributed by atoms with E-state index in [-0.39, 0.29) is 28.1 Å². The fourth-order valence-electron chi connectivity index (χ4n) is 4.32. The van der Waals surface area contributed by atoms with Crippen molar-refractivity contribution in [3.8, 4) is 11.5 Å². The Morgan fingerprint density at radius 3 is 2.54 bits per heavy atom. The van der Waals surface area contributed by atoms with Crippen LogP contribution in [0.5, 0.6) is 0 Å². The number of hydrogen-bond donors (Lipinski definition) is 1. The first-order valence-corrected chi connectivity index (χ1v) is 12.0. The van der Waals surface area contributed by atoms with Crippen LogP contribution in [0.25, 0.3) is 11.5 Å². The van der Waals surface area contributed by atoms with Gasteiger partial charge in [0.1, 0.15) is 12.1 Å². The minimum Gasteiger partial charge on any atom is -0.445 e. The molecule has 11 heteroatoms. The van der Waals surface area contributed by atoms with Crippen molar-refractivity contribution < 1.29 is 30.4 Å². The van der Waals surface area contributed by atoms with E-state index in [1.54, 1.807) is 6.07 Å². The molecule has 6 nitrogen and oxygen atoms in total. The molecule has 2 aromatic carbocycles. The molecule has 1 aliphatic carbocycles. The monoisotopic (exact) mass is 503 g/mol. The minimum atomic E-state index is -4.53. The summed E-state index contributed by atoms with van der Waals surface area (Å²) in [6.45, 7) is 0. The Balaban J connectivity index is 1.50. The van der Waals surface area contributed by atoms with Crippen LogP contribution >= 0.6 is 0 Å². The molecule has 0 bridgehead atoms. The van der Waals surface area contributed by atoms with E-state index in [1.807, 2.05) is 0 Å². The number of nitrogens with zero attached hydrogens (tertiary/aromatic N) is 2. The van der Waals surface area contributed by atoms with Crippen LogP contribution in [0.15, 0.2) is 76.4 Å². The molecule has 0 aliphatic heterocycles. The Kier molecular flexibility index (Phi) is 5.59. The SMILES string of the molecule is O=S(=O)(Nc1cccc(F)n1)c1ccc2c(c1)CC[C@H]2c1ccc(C(F)(F)F)cc1-c1ncco1. The number of aromatic nitrogens is 2. The summed E-state index contributed by atoms with van der Waals surface area (Å²) in [5.41, 5.74) is 1.59. The molecule has 0 saturated carbocycles. The van der Waals surface area contributed by atoms with Gasteiger partial charge in [-0.2, -0.15) is 17.6 Å². The predicted molar refractivity (Wildman–Crippen MR) is 119 cm³/mol. The van der Waals surface area contributed by atoms with E-state index < -0.39 is 27.7 Å². The molecule has 0 fully saturated rings. The number of halogens is 4. The van der Waals surface area contributed by atoms with E-state index in [2.05, 4.69) is 14.7 Å². The summed E-state index contributed by atoms with van der Waals surface area (Å²) < 4.78 is 86.6. The first-order valence-electron chi connectivity index (χ1n) is 10.5. The summed E-state index contributed by atoms with van der Waals surface area (Å²) in [6, 6.07) is 11.8. The fourth-order valence-corrected chi connectivity index (χ4v) is 5.38. The van der Waals surface area contributed by atoms with Crippen LogP contribution in [0.4, 0.5) is 23.4 Å². The van der Waals surface area contributed by atoms with E-state index in [9.17, 15) is 26.0 Å². The Bertz CT molecular complexity index is 1500. The topological polar surface area (TPSA) is 85.1 Å². The first-order chi connectivity index (χ1) is 16.6. The highest BCUT2D eigenvalue weighted by Crippen LogP contribution is 2.44. The zero-order valence-corrected chi connectivity index (χ0v) is 18.7. The molecule has 1 N–H and O–H groups in total. The third-order valence-corrected chi connectivity index (χ3v) is 7.23. The maximum Gasteiger partial charge on any atom is 0.416 e. The maximum absolute atomic E-state index is 13.4. The number of anilines is 1. The molecule has 2 heterocycles. The zero-order chi connectivity index (χ0) is 24.8. The molecular formula is C24H17F4N3O3S. The molecule has 0 saturated heterocycles. The van der Waals surface area contributed by atoms with Gasteiger partial charge in [0.2, 0.25) is 11.8 Å².